The molecule has 0 aliphatic carbocycles. The Labute approximate surface area is 116 Å². The van der Waals surface area contributed by atoms with E-state index in [4.69, 9.17) is 10.9 Å². The van der Waals surface area contributed by atoms with Crippen LogP contribution in [0, 0.1) is 13.8 Å². The predicted octanol–water partition coefficient (Wildman–Crippen LogP) is 2.94. The van der Waals surface area contributed by atoms with Crippen molar-refractivity contribution in [2.75, 3.05) is 0 Å². The fourth-order valence-corrected chi connectivity index (χ4v) is 2.74. The van der Waals surface area contributed by atoms with Crippen molar-refractivity contribution >= 4 is 17.6 Å². The molecule has 0 bridgehead atoms. The molecule has 2 aromatic rings. The number of aryl methyl sites for hydroxylation is 2. The minimum absolute atomic E-state index is 0.0212. The first-order valence-electron chi connectivity index (χ1n) is 5.80. The van der Waals surface area contributed by atoms with Gasteiger partial charge in [-0.05, 0) is 37.6 Å². The van der Waals surface area contributed by atoms with E-state index in [1.54, 1.807) is 18.0 Å². The van der Waals surface area contributed by atoms with Crippen LogP contribution in [0.15, 0.2) is 51.5 Å². The number of nitrogens with two attached hydrogens (primary N) is 1. The lowest BCUT2D eigenvalue weighted by atomic mass is 10.2. The summed E-state index contributed by atoms with van der Waals surface area (Å²) < 4.78 is 0. The molecule has 0 fully saturated rings. The number of oxime groups is 1. The standard InChI is InChI=1S/C14H15N3OS/c1-9-5-6-11(10(2)8-9)19-12-4-3-7-16-13(12)14(15)17-18/h3-8,18H,1-2H3,(H2,15,17). The van der Waals surface area contributed by atoms with Gasteiger partial charge >= 0.3 is 0 Å². The molecule has 2 rings (SSSR count). The maximum atomic E-state index is 8.78. The topological polar surface area (TPSA) is 71.5 Å². The fourth-order valence-electron chi connectivity index (χ4n) is 1.74. The molecule has 0 aliphatic heterocycles. The predicted molar refractivity (Wildman–Crippen MR) is 76.8 cm³/mol. The quantitative estimate of drug-likeness (QED) is 0.390. The molecule has 0 atom stereocenters. The van der Waals surface area contributed by atoms with E-state index >= 15 is 0 Å². The average Bonchev–Trinajstić information content (AvgIpc) is 2.41. The van der Waals surface area contributed by atoms with Gasteiger partial charge in [-0.25, -0.2) is 0 Å². The smallest absolute Gasteiger partial charge is 0.189 e. The van der Waals surface area contributed by atoms with E-state index in [9.17, 15) is 0 Å². The lowest BCUT2D eigenvalue weighted by Crippen LogP contribution is -2.16. The summed E-state index contributed by atoms with van der Waals surface area (Å²) in [5.74, 6) is 0.0212. The highest BCUT2D eigenvalue weighted by Crippen LogP contribution is 2.32. The lowest BCUT2D eigenvalue weighted by Gasteiger charge is -2.09. The Morgan fingerprint density at radius 2 is 2.05 bits per heavy atom. The molecule has 0 unspecified atom stereocenters. The molecule has 0 aliphatic rings. The number of nitrogens with zero attached hydrogens (tertiary/aromatic N) is 2. The summed E-state index contributed by atoms with van der Waals surface area (Å²) in [4.78, 5) is 6.15. The number of pyridine rings is 1. The summed E-state index contributed by atoms with van der Waals surface area (Å²) >= 11 is 1.56. The van der Waals surface area contributed by atoms with Gasteiger partial charge in [0.25, 0.3) is 0 Å². The molecule has 0 saturated carbocycles. The van der Waals surface area contributed by atoms with Crippen molar-refractivity contribution in [3.05, 3.63) is 53.3 Å². The van der Waals surface area contributed by atoms with Crippen molar-refractivity contribution in [3.8, 4) is 0 Å². The number of benzene rings is 1. The third-order valence-electron chi connectivity index (χ3n) is 2.67. The van der Waals surface area contributed by atoms with Gasteiger partial charge in [0.15, 0.2) is 5.84 Å². The molecule has 98 valence electrons. The van der Waals surface area contributed by atoms with E-state index in [1.165, 1.54) is 11.1 Å². The Hall–Kier alpha value is -2.01. The molecule has 1 aromatic heterocycles. The Morgan fingerprint density at radius 1 is 1.26 bits per heavy atom. The van der Waals surface area contributed by atoms with E-state index in [-0.39, 0.29) is 5.84 Å². The van der Waals surface area contributed by atoms with Crippen LogP contribution in [0.3, 0.4) is 0 Å². The summed E-state index contributed by atoms with van der Waals surface area (Å²) in [5.41, 5.74) is 8.55. The maximum absolute atomic E-state index is 8.78. The second kappa shape index (κ2) is 5.75. The van der Waals surface area contributed by atoms with Gasteiger partial charge in [-0.2, -0.15) is 0 Å². The molecule has 1 heterocycles. The first kappa shape index (κ1) is 13.4. The molecule has 5 heteroatoms. The van der Waals surface area contributed by atoms with E-state index in [2.05, 4.69) is 42.2 Å². The number of rotatable bonds is 3. The molecule has 4 nitrogen and oxygen atoms in total. The highest BCUT2D eigenvalue weighted by Gasteiger charge is 2.10. The number of hydrogen-bond donors (Lipinski definition) is 2. The highest BCUT2D eigenvalue weighted by atomic mass is 32.2. The third kappa shape index (κ3) is 3.06. The first-order valence-corrected chi connectivity index (χ1v) is 6.61. The van der Waals surface area contributed by atoms with Gasteiger partial charge in [0.2, 0.25) is 0 Å². The van der Waals surface area contributed by atoms with Crippen molar-refractivity contribution < 1.29 is 5.21 Å². The van der Waals surface area contributed by atoms with E-state index in [1.807, 2.05) is 12.1 Å². The van der Waals surface area contributed by atoms with E-state index in [0.29, 0.717) is 5.69 Å². The fraction of sp³-hybridized carbons (Fsp3) is 0.143. The summed E-state index contributed by atoms with van der Waals surface area (Å²) in [6.45, 7) is 4.13. The van der Waals surface area contributed by atoms with Crippen molar-refractivity contribution in [2.45, 2.75) is 23.6 Å². The Bertz CT molecular complexity index is 626. The van der Waals surface area contributed by atoms with Crippen molar-refractivity contribution in [3.63, 3.8) is 0 Å². The van der Waals surface area contributed by atoms with Gasteiger partial charge in [0, 0.05) is 16.0 Å². The van der Waals surface area contributed by atoms with Gasteiger partial charge in [-0.15, -0.1) is 0 Å². The molecular weight excluding hydrogens is 258 g/mol. The number of amidine groups is 1. The molecule has 0 amide bonds. The van der Waals surface area contributed by atoms with Crippen LogP contribution >= 0.6 is 11.8 Å². The largest absolute Gasteiger partial charge is 0.409 e. The van der Waals surface area contributed by atoms with Gasteiger partial charge < -0.3 is 10.9 Å². The number of aromatic nitrogens is 1. The molecule has 3 N–H and O–H groups in total. The molecule has 0 saturated heterocycles. The van der Waals surface area contributed by atoms with Crippen LogP contribution in [0.2, 0.25) is 0 Å². The van der Waals surface area contributed by atoms with Crippen molar-refractivity contribution in [1.29, 1.82) is 0 Å². The highest BCUT2D eigenvalue weighted by molar-refractivity contribution is 7.99. The van der Waals surface area contributed by atoms with Gasteiger partial charge in [-0.1, -0.05) is 34.6 Å². The van der Waals surface area contributed by atoms with Crippen LogP contribution in [-0.4, -0.2) is 16.0 Å². The van der Waals surface area contributed by atoms with Crippen LogP contribution in [0.25, 0.3) is 0 Å². The summed E-state index contributed by atoms with van der Waals surface area (Å²) in [5, 5.41) is 11.8. The molecule has 19 heavy (non-hydrogen) atoms. The van der Waals surface area contributed by atoms with E-state index < -0.39 is 0 Å². The molecular formula is C14H15N3OS. The van der Waals surface area contributed by atoms with Gasteiger partial charge in [0.05, 0.1) is 0 Å². The van der Waals surface area contributed by atoms with Crippen LogP contribution in [0.1, 0.15) is 16.8 Å². The lowest BCUT2D eigenvalue weighted by molar-refractivity contribution is 0.318. The Kier molecular flexibility index (Phi) is 4.06. The zero-order valence-corrected chi connectivity index (χ0v) is 11.6. The van der Waals surface area contributed by atoms with E-state index in [0.717, 1.165) is 9.79 Å². The second-order valence-corrected chi connectivity index (χ2v) is 5.29. The Morgan fingerprint density at radius 3 is 2.74 bits per heavy atom. The van der Waals surface area contributed by atoms with Crippen molar-refractivity contribution in [1.82, 2.24) is 4.98 Å². The van der Waals surface area contributed by atoms with Crippen LogP contribution in [-0.2, 0) is 0 Å². The minimum atomic E-state index is 0.0212. The summed E-state index contributed by atoms with van der Waals surface area (Å²) in [7, 11) is 0. The van der Waals surface area contributed by atoms with Gasteiger partial charge in [0.1, 0.15) is 5.69 Å². The maximum Gasteiger partial charge on any atom is 0.189 e. The second-order valence-electron chi connectivity index (χ2n) is 4.21. The monoisotopic (exact) mass is 273 g/mol. The zero-order chi connectivity index (χ0) is 13.8. The first-order chi connectivity index (χ1) is 9.11. The number of hydrogen-bond acceptors (Lipinski definition) is 4. The third-order valence-corrected chi connectivity index (χ3v) is 3.90. The van der Waals surface area contributed by atoms with Gasteiger partial charge in [-0.3, -0.25) is 4.98 Å². The molecule has 1 aromatic carbocycles. The van der Waals surface area contributed by atoms with Crippen LogP contribution in [0.5, 0.6) is 0 Å². The summed E-state index contributed by atoms with van der Waals surface area (Å²) in [6.07, 6.45) is 1.62. The Balaban J connectivity index is 2.38. The average molecular weight is 273 g/mol. The van der Waals surface area contributed by atoms with Crippen molar-refractivity contribution in [2.24, 2.45) is 10.9 Å². The van der Waals surface area contributed by atoms with Crippen LogP contribution < -0.4 is 5.73 Å². The zero-order valence-electron chi connectivity index (χ0n) is 10.8. The molecule has 0 radical (unpaired) electrons. The SMILES string of the molecule is Cc1ccc(Sc2cccnc2/C(N)=N/O)c(C)c1. The minimum Gasteiger partial charge on any atom is -0.409 e. The van der Waals surface area contributed by atoms with Crippen LogP contribution in [0.4, 0.5) is 0 Å². The summed E-state index contributed by atoms with van der Waals surface area (Å²) in [6, 6.07) is 10.00. The normalized spacial score (nSPS) is 11.6. The molecule has 0 spiro atoms.